The maximum atomic E-state index is 6.61. The number of hydrogen-bond acceptors (Lipinski definition) is 11. The van der Waals surface area contributed by atoms with E-state index < -0.39 is 0 Å². The number of nitrogens with zero attached hydrogens (tertiary/aromatic N) is 6. The monoisotopic (exact) mass is 500 g/mol. The summed E-state index contributed by atoms with van der Waals surface area (Å²) in [5, 5.41) is 4.30. The van der Waals surface area contributed by atoms with Crippen LogP contribution in [0.4, 0.5) is 0 Å². The smallest absolute Gasteiger partial charge is 0.0781 e. The lowest BCUT2D eigenvalue weighted by Crippen LogP contribution is -2.61. The predicted octanol–water partition coefficient (Wildman–Crippen LogP) is -0.542. The van der Waals surface area contributed by atoms with E-state index in [-0.39, 0.29) is 0 Å². The van der Waals surface area contributed by atoms with Crippen LogP contribution in [0.2, 0.25) is 0 Å². The van der Waals surface area contributed by atoms with Crippen molar-refractivity contribution in [2.45, 2.75) is 26.2 Å². The molecule has 204 valence electrons. The van der Waals surface area contributed by atoms with Gasteiger partial charge in [-0.1, -0.05) is 13.8 Å². The second-order valence-electron chi connectivity index (χ2n) is 9.60. The van der Waals surface area contributed by atoms with Crippen LogP contribution < -0.4 is 0 Å². The normalized spacial score (nSPS) is 24.9. The lowest BCUT2D eigenvalue weighted by molar-refractivity contribution is -0.336. The van der Waals surface area contributed by atoms with Crippen LogP contribution in [0, 0.1) is 0 Å². The molecule has 11 heteroatoms. The fourth-order valence-corrected chi connectivity index (χ4v) is 5.39. The standard InChI is InChI=1S/C24H48N6O5/c1-3-29(21-23(25-5-13-31-14-6-25)26-7-15-32-16-8-26)35-30(4-2)22-24(27-9-17-33-18-10-27)28-11-19-34-20-12-28/h23-24H,3-22H2,1-2H3. The van der Waals surface area contributed by atoms with Crippen LogP contribution in [0.15, 0.2) is 0 Å². The molecule has 0 bridgehead atoms. The molecule has 0 radical (unpaired) electrons. The highest BCUT2D eigenvalue weighted by atomic mass is 16.8. The van der Waals surface area contributed by atoms with Crippen molar-refractivity contribution in [1.29, 1.82) is 0 Å². The first kappa shape index (κ1) is 27.6. The molecule has 0 saturated carbocycles. The Morgan fingerprint density at radius 2 is 0.771 bits per heavy atom. The van der Waals surface area contributed by atoms with Gasteiger partial charge in [0.25, 0.3) is 0 Å². The predicted molar refractivity (Wildman–Crippen MR) is 133 cm³/mol. The molecule has 4 saturated heterocycles. The number of ether oxygens (including phenoxy) is 4. The molecule has 0 aliphatic carbocycles. The summed E-state index contributed by atoms with van der Waals surface area (Å²) in [5.41, 5.74) is 0. The molecule has 11 nitrogen and oxygen atoms in total. The van der Waals surface area contributed by atoms with Gasteiger partial charge in [0.1, 0.15) is 0 Å². The summed E-state index contributed by atoms with van der Waals surface area (Å²) in [5.74, 6) is 0. The van der Waals surface area contributed by atoms with E-state index in [1.54, 1.807) is 0 Å². The van der Waals surface area contributed by atoms with Crippen LogP contribution in [0.1, 0.15) is 13.8 Å². The molecule has 0 atom stereocenters. The van der Waals surface area contributed by atoms with Crippen LogP contribution in [0.5, 0.6) is 0 Å². The number of likely N-dealkylation sites (N-methyl/N-ethyl adjacent to an activating group) is 2. The Morgan fingerprint density at radius 1 is 0.514 bits per heavy atom. The minimum Gasteiger partial charge on any atom is -0.379 e. The Bertz CT molecular complexity index is 485. The van der Waals surface area contributed by atoms with Gasteiger partial charge in [-0.3, -0.25) is 19.6 Å². The highest BCUT2D eigenvalue weighted by Gasteiger charge is 2.33. The summed E-state index contributed by atoms with van der Waals surface area (Å²) in [6.45, 7) is 21.9. The van der Waals surface area contributed by atoms with Crippen LogP contribution in [0.25, 0.3) is 0 Å². The number of hydroxylamine groups is 4. The fraction of sp³-hybridized carbons (Fsp3) is 1.00. The first-order valence-electron chi connectivity index (χ1n) is 13.7. The molecule has 4 heterocycles. The van der Waals surface area contributed by atoms with E-state index in [9.17, 15) is 0 Å². The van der Waals surface area contributed by atoms with E-state index in [0.29, 0.717) is 12.3 Å². The van der Waals surface area contributed by atoms with Gasteiger partial charge >= 0.3 is 0 Å². The molecule has 35 heavy (non-hydrogen) atoms. The van der Waals surface area contributed by atoms with Crippen molar-refractivity contribution in [2.75, 3.05) is 131 Å². The topological polar surface area (TPSA) is 65.6 Å². The minimum absolute atomic E-state index is 0.302. The van der Waals surface area contributed by atoms with E-state index >= 15 is 0 Å². The second-order valence-corrected chi connectivity index (χ2v) is 9.60. The van der Waals surface area contributed by atoms with Crippen molar-refractivity contribution < 1.29 is 23.9 Å². The third-order valence-electron chi connectivity index (χ3n) is 7.54. The third-order valence-corrected chi connectivity index (χ3v) is 7.54. The van der Waals surface area contributed by atoms with Gasteiger partial charge in [0, 0.05) is 65.4 Å². The maximum Gasteiger partial charge on any atom is 0.0781 e. The molecular formula is C24H48N6O5. The molecule has 0 aromatic heterocycles. The van der Waals surface area contributed by atoms with Crippen molar-refractivity contribution in [3.8, 4) is 0 Å². The van der Waals surface area contributed by atoms with Crippen molar-refractivity contribution in [2.24, 2.45) is 0 Å². The van der Waals surface area contributed by atoms with Crippen LogP contribution in [-0.4, -0.2) is 173 Å². The van der Waals surface area contributed by atoms with Gasteiger partial charge in [-0.2, -0.15) is 10.1 Å². The SMILES string of the molecule is CCN(CC(N1CCOCC1)N1CCOCC1)ON(CC)CC(N1CCOCC1)N1CCOCC1. The Labute approximate surface area is 211 Å². The van der Waals surface area contributed by atoms with E-state index in [1.807, 2.05) is 0 Å². The van der Waals surface area contributed by atoms with E-state index in [2.05, 4.69) is 43.6 Å². The van der Waals surface area contributed by atoms with Gasteiger partial charge in [-0.05, 0) is 0 Å². The molecule has 4 fully saturated rings. The van der Waals surface area contributed by atoms with Gasteiger partial charge in [0.2, 0.25) is 0 Å². The Balaban J connectivity index is 1.39. The maximum absolute atomic E-state index is 6.61. The number of rotatable bonds is 12. The molecular weight excluding hydrogens is 452 g/mol. The quantitative estimate of drug-likeness (QED) is 0.325. The van der Waals surface area contributed by atoms with Crippen molar-refractivity contribution >= 4 is 0 Å². The second kappa shape index (κ2) is 15.1. The van der Waals surface area contributed by atoms with E-state index in [1.165, 1.54) is 0 Å². The Kier molecular flexibility index (Phi) is 11.9. The lowest BCUT2D eigenvalue weighted by atomic mass is 10.2. The molecule has 4 rings (SSSR count). The van der Waals surface area contributed by atoms with Gasteiger partial charge in [0.15, 0.2) is 0 Å². The summed E-state index contributed by atoms with van der Waals surface area (Å²) >= 11 is 0. The van der Waals surface area contributed by atoms with Crippen molar-refractivity contribution in [3.63, 3.8) is 0 Å². The summed E-state index contributed by atoms with van der Waals surface area (Å²) in [4.78, 5) is 16.8. The van der Waals surface area contributed by atoms with Crippen molar-refractivity contribution in [3.05, 3.63) is 0 Å². The van der Waals surface area contributed by atoms with Gasteiger partial charge in [0.05, 0.1) is 78.3 Å². The van der Waals surface area contributed by atoms with Gasteiger partial charge < -0.3 is 18.9 Å². The summed E-state index contributed by atoms with van der Waals surface area (Å²) in [7, 11) is 0. The average Bonchev–Trinajstić information content (AvgIpc) is 2.94. The van der Waals surface area contributed by atoms with Crippen LogP contribution >= 0.6 is 0 Å². The molecule has 0 aromatic rings. The first-order chi connectivity index (χ1) is 17.3. The first-order valence-corrected chi connectivity index (χ1v) is 13.7. The van der Waals surface area contributed by atoms with Crippen molar-refractivity contribution in [1.82, 2.24) is 29.7 Å². The molecule has 0 spiro atoms. The lowest BCUT2D eigenvalue weighted by Gasteiger charge is -2.46. The largest absolute Gasteiger partial charge is 0.379 e. The highest BCUT2D eigenvalue weighted by Crippen LogP contribution is 2.17. The summed E-state index contributed by atoms with van der Waals surface area (Å²) in [6.07, 6.45) is 0.603. The minimum atomic E-state index is 0.302. The zero-order valence-corrected chi connectivity index (χ0v) is 22.0. The summed E-state index contributed by atoms with van der Waals surface area (Å²) in [6, 6.07) is 0. The molecule has 0 N–H and O–H groups in total. The van der Waals surface area contributed by atoms with Gasteiger partial charge in [-0.25, -0.2) is 4.94 Å². The molecule has 0 unspecified atom stereocenters. The zero-order valence-electron chi connectivity index (χ0n) is 22.0. The zero-order chi connectivity index (χ0) is 24.3. The fourth-order valence-electron chi connectivity index (χ4n) is 5.39. The molecule has 0 aromatic carbocycles. The Hall–Kier alpha value is -0.440. The summed E-state index contributed by atoms with van der Waals surface area (Å²) < 4.78 is 22.6. The third kappa shape index (κ3) is 8.27. The van der Waals surface area contributed by atoms with Gasteiger partial charge in [-0.15, -0.1) is 0 Å². The van der Waals surface area contributed by atoms with E-state index in [0.717, 1.165) is 131 Å². The molecule has 4 aliphatic rings. The van der Waals surface area contributed by atoms with Crippen LogP contribution in [-0.2, 0) is 23.9 Å². The van der Waals surface area contributed by atoms with Crippen LogP contribution in [0.3, 0.4) is 0 Å². The number of morpholine rings is 4. The average molecular weight is 501 g/mol. The Morgan fingerprint density at radius 3 is 1.00 bits per heavy atom. The molecule has 0 amide bonds. The van der Waals surface area contributed by atoms with E-state index in [4.69, 9.17) is 23.9 Å². The molecule has 4 aliphatic heterocycles. The number of hydrogen-bond donors (Lipinski definition) is 0. The highest BCUT2D eigenvalue weighted by molar-refractivity contribution is 4.81.